The number of nitrogens with zero attached hydrogens (tertiary/aromatic N) is 2. The van der Waals surface area contributed by atoms with Gasteiger partial charge in [0, 0.05) is 50.7 Å². The third-order valence-corrected chi connectivity index (χ3v) is 7.58. The minimum atomic E-state index is -0.293. The summed E-state index contributed by atoms with van der Waals surface area (Å²) in [6.07, 6.45) is 1.35. The van der Waals surface area contributed by atoms with E-state index in [1.165, 1.54) is 0 Å². The summed E-state index contributed by atoms with van der Waals surface area (Å²) in [5.74, 6) is 0.461. The quantitative estimate of drug-likeness (QED) is 0.301. The van der Waals surface area contributed by atoms with Gasteiger partial charge in [0.15, 0.2) is 11.4 Å². The molecule has 34 heavy (non-hydrogen) atoms. The zero-order valence-electron chi connectivity index (χ0n) is 21.6. The zero-order chi connectivity index (χ0) is 24.7. The molecule has 10 heteroatoms. The molecule has 0 amide bonds. The molecule has 0 aliphatic heterocycles. The van der Waals surface area contributed by atoms with Gasteiger partial charge in [0.2, 0.25) is 35.7 Å². The van der Waals surface area contributed by atoms with Gasteiger partial charge in [-0.15, -0.1) is 0 Å². The number of halogens is 2. The molecule has 196 valence electrons. The molecule has 2 aromatic rings. The van der Waals surface area contributed by atoms with Crippen LogP contribution in [-0.4, -0.2) is 35.0 Å². The van der Waals surface area contributed by atoms with Crippen LogP contribution in [0.15, 0.2) is 11.0 Å². The molecule has 2 aromatic heterocycles. The molecule has 2 heterocycles. The SMILES string of the molecule is Cc1c(CCO)sc[n+]1CC(=O)C(C)(C)C.Cc1c(CCO)sc[n+]1CC(=O)C(C)(C)C.[Br-].[Br-]. The van der Waals surface area contributed by atoms with Gasteiger partial charge < -0.3 is 44.2 Å². The Morgan fingerprint density at radius 1 is 0.735 bits per heavy atom. The molecule has 6 nitrogen and oxygen atoms in total. The van der Waals surface area contributed by atoms with Gasteiger partial charge in [-0.2, -0.15) is 9.13 Å². The number of aromatic nitrogens is 2. The van der Waals surface area contributed by atoms with Crippen LogP contribution in [0, 0.1) is 24.7 Å². The number of hydrogen-bond acceptors (Lipinski definition) is 6. The Morgan fingerprint density at radius 2 is 1.03 bits per heavy atom. The van der Waals surface area contributed by atoms with Crippen molar-refractivity contribution in [3.8, 4) is 0 Å². The molecule has 2 rings (SSSR count). The van der Waals surface area contributed by atoms with Gasteiger partial charge in [0.25, 0.3) is 0 Å². The highest BCUT2D eigenvalue weighted by molar-refractivity contribution is 7.09. The van der Waals surface area contributed by atoms with E-state index in [1.807, 2.05) is 75.5 Å². The third kappa shape index (κ3) is 11.0. The predicted molar refractivity (Wildman–Crippen MR) is 129 cm³/mol. The lowest BCUT2D eigenvalue weighted by Crippen LogP contribution is -3.00. The highest BCUT2D eigenvalue weighted by atomic mass is 79.9. The van der Waals surface area contributed by atoms with Gasteiger partial charge in [0.1, 0.15) is 0 Å². The minimum Gasteiger partial charge on any atom is -1.00 e. The molecule has 0 atom stereocenters. The van der Waals surface area contributed by atoms with E-state index in [0.717, 1.165) is 21.1 Å². The van der Waals surface area contributed by atoms with Crippen molar-refractivity contribution >= 4 is 34.2 Å². The van der Waals surface area contributed by atoms with Gasteiger partial charge in [-0.1, -0.05) is 64.2 Å². The highest BCUT2D eigenvalue weighted by Crippen LogP contribution is 2.17. The zero-order valence-corrected chi connectivity index (χ0v) is 26.4. The minimum absolute atomic E-state index is 0. The number of hydrogen-bond donors (Lipinski definition) is 2. The van der Waals surface area contributed by atoms with Crippen LogP contribution in [0.1, 0.15) is 62.7 Å². The summed E-state index contributed by atoms with van der Waals surface area (Å²) in [6.45, 7) is 16.8. The Labute approximate surface area is 233 Å². The first-order valence-electron chi connectivity index (χ1n) is 10.9. The van der Waals surface area contributed by atoms with Crippen molar-refractivity contribution < 1.29 is 62.9 Å². The van der Waals surface area contributed by atoms with Crippen LogP contribution in [0.3, 0.4) is 0 Å². The average molecular weight is 645 g/mol. The van der Waals surface area contributed by atoms with Crippen molar-refractivity contribution in [1.82, 2.24) is 0 Å². The second-order valence-corrected chi connectivity index (χ2v) is 11.9. The summed E-state index contributed by atoms with van der Waals surface area (Å²) in [5.41, 5.74) is 5.53. The van der Waals surface area contributed by atoms with Crippen LogP contribution in [-0.2, 0) is 35.5 Å². The molecule has 0 aliphatic rings. The fourth-order valence-electron chi connectivity index (χ4n) is 2.68. The molecule has 0 radical (unpaired) electrons. The van der Waals surface area contributed by atoms with Crippen LogP contribution < -0.4 is 43.1 Å². The number of carbonyl (C=O) groups is 2. The van der Waals surface area contributed by atoms with E-state index >= 15 is 0 Å². The Hall–Kier alpha value is -0.520. The van der Waals surface area contributed by atoms with Crippen molar-refractivity contribution in [1.29, 1.82) is 0 Å². The third-order valence-electron chi connectivity index (χ3n) is 5.29. The fourth-order valence-corrected chi connectivity index (χ4v) is 4.65. The first-order chi connectivity index (χ1) is 14.7. The summed E-state index contributed by atoms with van der Waals surface area (Å²) < 4.78 is 3.95. The van der Waals surface area contributed by atoms with Gasteiger partial charge in [0.05, 0.1) is 9.75 Å². The molecule has 0 aliphatic carbocycles. The van der Waals surface area contributed by atoms with Crippen molar-refractivity contribution in [2.24, 2.45) is 10.8 Å². The Balaban J connectivity index is 0. The van der Waals surface area contributed by atoms with Crippen LogP contribution in [0.5, 0.6) is 0 Å². The first-order valence-corrected chi connectivity index (χ1v) is 12.7. The molecule has 0 unspecified atom stereocenters. The van der Waals surface area contributed by atoms with Gasteiger partial charge in [-0.05, 0) is 0 Å². The summed E-state index contributed by atoms with van der Waals surface area (Å²) in [4.78, 5) is 26.1. The number of ketones is 2. The monoisotopic (exact) mass is 642 g/mol. The van der Waals surface area contributed by atoms with E-state index < -0.39 is 0 Å². The summed E-state index contributed by atoms with van der Waals surface area (Å²) in [6, 6.07) is 0. The summed E-state index contributed by atoms with van der Waals surface area (Å²) in [7, 11) is 0. The Bertz CT molecular complexity index is 839. The Kier molecular flexibility index (Phi) is 16.3. The average Bonchev–Trinajstić information content (AvgIpc) is 3.19. The van der Waals surface area contributed by atoms with Gasteiger partial charge in [-0.25, -0.2) is 0 Å². The lowest BCUT2D eigenvalue weighted by molar-refractivity contribution is -0.686. The molecular weight excluding hydrogens is 604 g/mol. The van der Waals surface area contributed by atoms with Crippen molar-refractivity contribution in [2.45, 2.75) is 81.3 Å². The van der Waals surface area contributed by atoms with Crippen LogP contribution in [0.2, 0.25) is 0 Å². The van der Waals surface area contributed by atoms with E-state index in [0.29, 0.717) is 25.9 Å². The van der Waals surface area contributed by atoms with E-state index in [2.05, 4.69) is 0 Å². The van der Waals surface area contributed by atoms with Crippen LogP contribution >= 0.6 is 22.7 Å². The van der Waals surface area contributed by atoms with E-state index in [4.69, 9.17) is 10.2 Å². The Morgan fingerprint density at radius 3 is 1.26 bits per heavy atom. The predicted octanol–water partition coefficient (Wildman–Crippen LogP) is -3.00. The topological polar surface area (TPSA) is 82.4 Å². The molecule has 0 spiro atoms. The maximum atomic E-state index is 11.9. The smallest absolute Gasteiger partial charge is 0.225 e. The van der Waals surface area contributed by atoms with Gasteiger partial charge >= 0.3 is 0 Å². The van der Waals surface area contributed by atoms with E-state index in [-0.39, 0.29) is 69.6 Å². The molecule has 0 aromatic carbocycles. The molecule has 0 bridgehead atoms. The highest BCUT2D eigenvalue weighted by Gasteiger charge is 2.28. The first kappa shape index (κ1) is 35.6. The number of aliphatic hydroxyl groups is 2. The molecule has 2 N–H and O–H groups in total. The molecular formula is C24H40Br2N2O4S2. The normalized spacial score (nSPS) is 11.1. The van der Waals surface area contributed by atoms with Crippen molar-refractivity contribution in [3.63, 3.8) is 0 Å². The lowest BCUT2D eigenvalue weighted by atomic mass is 9.91. The van der Waals surface area contributed by atoms with Gasteiger partial charge in [-0.3, -0.25) is 9.59 Å². The standard InChI is InChI=1S/2C12H20NO2S.2BrH/c2*1-9-10(5-6-14)16-8-13(9)7-11(15)12(2,3)4;;/h2*8,14H,5-7H2,1-4H3;2*1H/q2*+1;;/p-2. The second-order valence-electron chi connectivity index (χ2n) is 10.0. The van der Waals surface area contributed by atoms with Crippen molar-refractivity contribution in [3.05, 3.63) is 32.2 Å². The fraction of sp³-hybridized carbons (Fsp3) is 0.667. The number of carbonyl (C=O) groups excluding carboxylic acids is 2. The lowest BCUT2D eigenvalue weighted by Gasteiger charge is -2.13. The number of Topliss-reactive ketones (excluding diaryl/α,β-unsaturated/α-hetero) is 2. The van der Waals surface area contributed by atoms with Crippen LogP contribution in [0.25, 0.3) is 0 Å². The van der Waals surface area contributed by atoms with E-state index in [9.17, 15) is 9.59 Å². The molecule has 0 saturated carbocycles. The molecule has 0 fully saturated rings. The summed E-state index contributed by atoms with van der Waals surface area (Å²) in [5, 5.41) is 17.8. The summed E-state index contributed by atoms with van der Waals surface area (Å²) >= 11 is 3.21. The second kappa shape index (κ2) is 15.6. The number of rotatable bonds is 8. The van der Waals surface area contributed by atoms with E-state index in [1.54, 1.807) is 22.7 Å². The molecule has 0 saturated heterocycles. The van der Waals surface area contributed by atoms with Crippen molar-refractivity contribution in [2.75, 3.05) is 13.2 Å². The number of aliphatic hydroxyl groups excluding tert-OH is 2. The van der Waals surface area contributed by atoms with Crippen LogP contribution in [0.4, 0.5) is 0 Å². The maximum Gasteiger partial charge on any atom is 0.225 e. The largest absolute Gasteiger partial charge is 1.00 e. The number of thiazole rings is 2. The maximum absolute atomic E-state index is 11.9.